The van der Waals surface area contributed by atoms with E-state index in [1.165, 1.54) is 0 Å². The van der Waals surface area contributed by atoms with E-state index in [1.807, 2.05) is 61.5 Å². The van der Waals surface area contributed by atoms with Gasteiger partial charge in [0.25, 0.3) is 5.56 Å². The van der Waals surface area contributed by atoms with Crippen LogP contribution in [0.3, 0.4) is 0 Å². The Hall–Kier alpha value is -3.36. The second-order valence-electron chi connectivity index (χ2n) is 9.37. The Morgan fingerprint density at radius 1 is 1.06 bits per heavy atom. The summed E-state index contributed by atoms with van der Waals surface area (Å²) in [7, 11) is 1.75. The molecule has 3 heterocycles. The zero-order valence-corrected chi connectivity index (χ0v) is 19.6. The van der Waals surface area contributed by atoms with Gasteiger partial charge in [0.05, 0.1) is 18.3 Å². The van der Waals surface area contributed by atoms with Gasteiger partial charge in [-0.3, -0.25) is 9.36 Å². The SMILES string of the molecule is C[C@@H]1OCC2(CCN(c3nc(N)c(-c4ccc(Oc5ccccc5)cc4)c(=O)n3C)CC2)[C@@H]1N. The summed E-state index contributed by atoms with van der Waals surface area (Å²) in [4.78, 5) is 20.1. The summed E-state index contributed by atoms with van der Waals surface area (Å²) in [5.41, 5.74) is 13.7. The van der Waals surface area contributed by atoms with Gasteiger partial charge < -0.3 is 25.8 Å². The Morgan fingerprint density at radius 2 is 1.71 bits per heavy atom. The fourth-order valence-corrected chi connectivity index (χ4v) is 5.10. The smallest absolute Gasteiger partial charge is 0.264 e. The number of hydrogen-bond acceptors (Lipinski definition) is 7. The number of nitrogens with zero attached hydrogens (tertiary/aromatic N) is 3. The summed E-state index contributed by atoms with van der Waals surface area (Å²) >= 11 is 0. The van der Waals surface area contributed by atoms with Gasteiger partial charge in [-0.05, 0) is 49.6 Å². The molecule has 0 bridgehead atoms. The molecule has 2 atom stereocenters. The van der Waals surface area contributed by atoms with Crippen LogP contribution < -0.4 is 26.7 Å². The zero-order chi connectivity index (χ0) is 23.9. The molecule has 0 aliphatic carbocycles. The number of nitrogens with two attached hydrogens (primary N) is 2. The van der Waals surface area contributed by atoms with Crippen molar-refractivity contribution in [1.82, 2.24) is 9.55 Å². The van der Waals surface area contributed by atoms with E-state index in [1.54, 1.807) is 11.6 Å². The molecule has 2 saturated heterocycles. The number of nitrogen functional groups attached to an aromatic ring is 1. The highest BCUT2D eigenvalue weighted by molar-refractivity contribution is 5.74. The van der Waals surface area contributed by atoms with Gasteiger partial charge in [-0.1, -0.05) is 30.3 Å². The summed E-state index contributed by atoms with van der Waals surface area (Å²) in [6, 6.07) is 16.9. The Bertz CT molecular complexity index is 1220. The van der Waals surface area contributed by atoms with Gasteiger partial charge in [0.15, 0.2) is 0 Å². The number of hydrogen-bond donors (Lipinski definition) is 2. The standard InChI is InChI=1S/C26H31N5O3/c1-17-22(27)26(16-33-17)12-14-31(15-13-26)25-29-23(28)21(24(32)30(25)2)18-8-10-20(11-9-18)34-19-6-4-3-5-7-19/h3-11,17,22H,12-16,27-28H2,1-2H3/t17-,22+/m0/s1. The summed E-state index contributed by atoms with van der Waals surface area (Å²) in [6.07, 6.45) is 1.88. The maximum absolute atomic E-state index is 13.3. The summed E-state index contributed by atoms with van der Waals surface area (Å²) in [6.45, 7) is 4.25. The van der Waals surface area contributed by atoms with Crippen molar-refractivity contribution in [3.63, 3.8) is 0 Å². The number of para-hydroxylation sites is 1. The highest BCUT2D eigenvalue weighted by atomic mass is 16.5. The van der Waals surface area contributed by atoms with Crippen molar-refractivity contribution in [2.75, 3.05) is 30.3 Å². The number of ether oxygens (including phenoxy) is 2. The molecule has 2 aliphatic rings. The van der Waals surface area contributed by atoms with Crippen LogP contribution in [0.2, 0.25) is 0 Å². The topological polar surface area (TPSA) is 109 Å². The predicted octanol–water partition coefficient (Wildman–Crippen LogP) is 3.15. The van der Waals surface area contributed by atoms with Gasteiger partial charge in [0.2, 0.25) is 5.95 Å². The molecule has 0 amide bonds. The second kappa shape index (κ2) is 8.77. The van der Waals surface area contributed by atoms with Crippen LogP contribution in [0, 0.1) is 5.41 Å². The van der Waals surface area contributed by atoms with Crippen molar-refractivity contribution < 1.29 is 9.47 Å². The third-order valence-corrected chi connectivity index (χ3v) is 7.31. The van der Waals surface area contributed by atoms with Crippen LogP contribution >= 0.6 is 0 Å². The van der Waals surface area contributed by atoms with E-state index in [0.29, 0.717) is 29.4 Å². The quantitative estimate of drug-likeness (QED) is 0.614. The highest BCUT2D eigenvalue weighted by Crippen LogP contribution is 2.41. The first-order valence-corrected chi connectivity index (χ1v) is 11.7. The van der Waals surface area contributed by atoms with Gasteiger partial charge in [-0.15, -0.1) is 0 Å². The molecule has 0 saturated carbocycles. The largest absolute Gasteiger partial charge is 0.457 e. The van der Waals surface area contributed by atoms with Crippen molar-refractivity contribution in [1.29, 1.82) is 0 Å². The molecule has 4 N–H and O–H groups in total. The lowest BCUT2D eigenvalue weighted by atomic mass is 9.73. The van der Waals surface area contributed by atoms with Crippen LogP contribution in [0.4, 0.5) is 11.8 Å². The van der Waals surface area contributed by atoms with Gasteiger partial charge in [0.1, 0.15) is 17.3 Å². The molecule has 178 valence electrons. The average molecular weight is 462 g/mol. The van der Waals surface area contributed by atoms with Crippen molar-refractivity contribution in [3.8, 4) is 22.6 Å². The number of piperidine rings is 1. The minimum Gasteiger partial charge on any atom is -0.457 e. The van der Waals surface area contributed by atoms with Crippen LogP contribution in [0.15, 0.2) is 59.4 Å². The van der Waals surface area contributed by atoms with Crippen molar-refractivity contribution >= 4 is 11.8 Å². The third-order valence-electron chi connectivity index (χ3n) is 7.31. The maximum Gasteiger partial charge on any atom is 0.264 e. The number of rotatable bonds is 4. The molecule has 8 heteroatoms. The van der Waals surface area contributed by atoms with Crippen molar-refractivity contribution in [2.24, 2.45) is 18.2 Å². The number of anilines is 2. The summed E-state index contributed by atoms with van der Waals surface area (Å²) in [5.74, 6) is 2.25. The minimum atomic E-state index is -0.172. The number of aromatic nitrogens is 2. The Balaban J connectivity index is 1.36. The monoisotopic (exact) mass is 461 g/mol. The summed E-state index contributed by atoms with van der Waals surface area (Å²) < 4.78 is 13.3. The molecule has 0 unspecified atom stereocenters. The molecular weight excluding hydrogens is 430 g/mol. The van der Waals surface area contributed by atoms with Crippen LogP contribution in [0.5, 0.6) is 11.5 Å². The zero-order valence-electron chi connectivity index (χ0n) is 19.6. The van der Waals surface area contributed by atoms with Gasteiger partial charge in [-0.2, -0.15) is 4.98 Å². The lowest BCUT2D eigenvalue weighted by Crippen LogP contribution is -2.51. The maximum atomic E-state index is 13.3. The molecule has 3 aromatic rings. The fourth-order valence-electron chi connectivity index (χ4n) is 5.10. The first-order valence-electron chi connectivity index (χ1n) is 11.7. The van der Waals surface area contributed by atoms with Gasteiger partial charge in [0, 0.05) is 31.6 Å². The molecule has 1 spiro atoms. The lowest BCUT2D eigenvalue weighted by molar-refractivity contribution is 0.0973. The molecule has 5 rings (SSSR count). The van der Waals surface area contributed by atoms with Gasteiger partial charge >= 0.3 is 0 Å². The first-order chi connectivity index (χ1) is 16.4. The van der Waals surface area contributed by atoms with Crippen LogP contribution in [-0.4, -0.2) is 41.4 Å². The van der Waals surface area contributed by atoms with E-state index < -0.39 is 0 Å². The molecule has 2 fully saturated rings. The predicted molar refractivity (Wildman–Crippen MR) is 133 cm³/mol. The van der Waals surface area contributed by atoms with Crippen molar-refractivity contribution in [2.45, 2.75) is 31.9 Å². The van der Waals surface area contributed by atoms with E-state index >= 15 is 0 Å². The van der Waals surface area contributed by atoms with Crippen LogP contribution in [0.25, 0.3) is 11.1 Å². The molecule has 0 radical (unpaired) electrons. The summed E-state index contributed by atoms with van der Waals surface area (Å²) in [5, 5.41) is 0. The number of benzene rings is 2. The Morgan fingerprint density at radius 3 is 2.32 bits per heavy atom. The van der Waals surface area contributed by atoms with E-state index in [4.69, 9.17) is 20.9 Å². The normalized spacial score (nSPS) is 21.7. The van der Waals surface area contributed by atoms with Crippen LogP contribution in [-0.2, 0) is 11.8 Å². The lowest BCUT2D eigenvalue weighted by Gasteiger charge is -2.41. The third kappa shape index (κ3) is 3.93. The Kier molecular flexibility index (Phi) is 5.79. The minimum absolute atomic E-state index is 0.00380. The first kappa shape index (κ1) is 22.4. The molecule has 1 aromatic heterocycles. The highest BCUT2D eigenvalue weighted by Gasteiger charge is 2.47. The molecule has 2 aromatic carbocycles. The van der Waals surface area contributed by atoms with E-state index in [9.17, 15) is 4.79 Å². The van der Waals surface area contributed by atoms with E-state index in [0.717, 1.165) is 31.7 Å². The fraction of sp³-hybridized carbons (Fsp3) is 0.385. The van der Waals surface area contributed by atoms with E-state index in [2.05, 4.69) is 9.88 Å². The molecule has 2 aliphatic heterocycles. The molecule has 34 heavy (non-hydrogen) atoms. The van der Waals surface area contributed by atoms with Crippen molar-refractivity contribution in [3.05, 3.63) is 65.0 Å². The Labute approximate surface area is 199 Å². The molecular formula is C26H31N5O3. The van der Waals surface area contributed by atoms with E-state index in [-0.39, 0.29) is 28.9 Å². The van der Waals surface area contributed by atoms with Crippen LogP contribution in [0.1, 0.15) is 19.8 Å². The second-order valence-corrected chi connectivity index (χ2v) is 9.37. The average Bonchev–Trinajstić information content (AvgIpc) is 3.12. The van der Waals surface area contributed by atoms with Gasteiger partial charge in [-0.25, -0.2) is 0 Å². The molecule has 8 nitrogen and oxygen atoms in total.